The van der Waals surface area contributed by atoms with Crippen molar-refractivity contribution in [3.63, 3.8) is 0 Å². The molecule has 0 aliphatic heterocycles. The highest BCUT2D eigenvalue weighted by Gasteiger charge is 2.00. The first-order valence-electron chi connectivity index (χ1n) is 8.45. The molecule has 1 N–H and O–H groups in total. The van der Waals surface area contributed by atoms with Gasteiger partial charge >= 0.3 is 0 Å². The summed E-state index contributed by atoms with van der Waals surface area (Å²) in [5.41, 5.74) is 3.63. The summed E-state index contributed by atoms with van der Waals surface area (Å²) in [4.78, 5) is 11.7. The molecule has 2 nitrogen and oxygen atoms in total. The minimum atomic E-state index is 0.193. The van der Waals surface area contributed by atoms with Crippen molar-refractivity contribution in [3.05, 3.63) is 34.9 Å². The minimum Gasteiger partial charge on any atom is -0.396 e. The Morgan fingerprint density at radius 2 is 1.64 bits per heavy atom. The Hall–Kier alpha value is -1.15. The summed E-state index contributed by atoms with van der Waals surface area (Å²) in [6, 6.07) is 0. The van der Waals surface area contributed by atoms with Crippen molar-refractivity contribution >= 4 is 5.78 Å². The number of allylic oxidation sites excluding steroid dienone is 6. The molecule has 0 saturated heterocycles. The van der Waals surface area contributed by atoms with Crippen LogP contribution < -0.4 is 0 Å². The van der Waals surface area contributed by atoms with Crippen molar-refractivity contribution in [2.45, 2.75) is 73.1 Å². The number of aliphatic hydroxyl groups is 1. The lowest BCUT2D eigenvalue weighted by Gasteiger charge is -2.07. The summed E-state index contributed by atoms with van der Waals surface area (Å²) >= 11 is 0. The second-order valence-electron chi connectivity index (χ2n) is 6.70. The fraction of sp³-hybridized carbons (Fsp3) is 0.650. The molecule has 0 bridgehead atoms. The number of carbonyl (C=O) groups excluding carboxylic acids is 1. The van der Waals surface area contributed by atoms with Crippen LogP contribution in [-0.2, 0) is 4.79 Å². The number of hydrogen-bond donors (Lipinski definition) is 1. The zero-order valence-corrected chi connectivity index (χ0v) is 15.1. The first-order valence-corrected chi connectivity index (χ1v) is 8.45. The van der Waals surface area contributed by atoms with Gasteiger partial charge in [0.25, 0.3) is 0 Å². The normalized spacial score (nSPS) is 13.9. The summed E-state index contributed by atoms with van der Waals surface area (Å²) in [7, 11) is 0. The van der Waals surface area contributed by atoms with E-state index in [1.807, 2.05) is 20.8 Å². The minimum absolute atomic E-state index is 0.193. The zero-order valence-electron chi connectivity index (χ0n) is 15.1. The van der Waals surface area contributed by atoms with Crippen molar-refractivity contribution in [2.24, 2.45) is 5.92 Å². The van der Waals surface area contributed by atoms with Gasteiger partial charge < -0.3 is 5.11 Å². The molecule has 0 aromatic carbocycles. The zero-order chi connectivity index (χ0) is 17.0. The van der Waals surface area contributed by atoms with E-state index in [0.29, 0.717) is 18.9 Å². The van der Waals surface area contributed by atoms with Gasteiger partial charge in [-0.1, -0.05) is 35.8 Å². The highest BCUT2D eigenvalue weighted by atomic mass is 16.3. The van der Waals surface area contributed by atoms with Crippen LogP contribution in [0, 0.1) is 5.92 Å². The van der Waals surface area contributed by atoms with Crippen LogP contribution in [0.5, 0.6) is 0 Å². The summed E-state index contributed by atoms with van der Waals surface area (Å²) in [5, 5.41) is 8.87. The number of ketones is 1. The molecule has 2 heteroatoms. The SMILES string of the molecule is CC(C)=CC(=O)C/C(C)=C/CC/C(C)=C/CC[C@H](C)CCO. The summed E-state index contributed by atoms with van der Waals surface area (Å²) in [5.74, 6) is 0.788. The third kappa shape index (κ3) is 12.6. The van der Waals surface area contributed by atoms with E-state index in [0.717, 1.165) is 43.3 Å². The summed E-state index contributed by atoms with van der Waals surface area (Å²) in [6.07, 6.45) is 11.9. The molecule has 0 spiro atoms. The Kier molecular flexibility index (Phi) is 11.8. The number of hydrogen-bond acceptors (Lipinski definition) is 2. The smallest absolute Gasteiger partial charge is 0.159 e. The Morgan fingerprint density at radius 1 is 1.00 bits per heavy atom. The van der Waals surface area contributed by atoms with Gasteiger partial charge in [0, 0.05) is 13.0 Å². The van der Waals surface area contributed by atoms with Crippen LogP contribution in [-0.4, -0.2) is 17.5 Å². The van der Waals surface area contributed by atoms with Gasteiger partial charge in [-0.2, -0.15) is 0 Å². The molecule has 0 aliphatic rings. The van der Waals surface area contributed by atoms with E-state index in [4.69, 9.17) is 5.11 Å². The van der Waals surface area contributed by atoms with Gasteiger partial charge in [-0.25, -0.2) is 0 Å². The van der Waals surface area contributed by atoms with Crippen LogP contribution in [0.3, 0.4) is 0 Å². The van der Waals surface area contributed by atoms with Gasteiger partial charge in [-0.3, -0.25) is 4.79 Å². The second-order valence-corrected chi connectivity index (χ2v) is 6.70. The molecule has 0 unspecified atom stereocenters. The van der Waals surface area contributed by atoms with Crippen molar-refractivity contribution in [3.8, 4) is 0 Å². The molecule has 0 heterocycles. The summed E-state index contributed by atoms with van der Waals surface area (Å²) < 4.78 is 0. The van der Waals surface area contributed by atoms with Gasteiger partial charge in [0.2, 0.25) is 0 Å². The first kappa shape index (κ1) is 20.9. The first-order chi connectivity index (χ1) is 10.3. The molecule has 0 fully saturated rings. The molecular weight excluding hydrogens is 272 g/mol. The van der Waals surface area contributed by atoms with Gasteiger partial charge in [0.15, 0.2) is 5.78 Å². The standard InChI is InChI=1S/C20H34O2/c1-16(2)14-20(22)15-19(5)11-7-9-17(3)8-6-10-18(4)12-13-21/h8,11,14,18,21H,6-7,9-10,12-13,15H2,1-5H3/b17-8+,19-11+/t18-/m0/s1. The predicted octanol–water partition coefficient (Wildman–Crippen LogP) is 5.38. The Labute approximate surface area is 137 Å². The van der Waals surface area contributed by atoms with Crippen molar-refractivity contribution in [2.75, 3.05) is 6.61 Å². The average Bonchev–Trinajstić information content (AvgIpc) is 2.37. The van der Waals surface area contributed by atoms with E-state index >= 15 is 0 Å². The van der Waals surface area contributed by atoms with Crippen LogP contribution in [0.25, 0.3) is 0 Å². The number of rotatable bonds is 11. The number of carbonyl (C=O) groups is 1. The van der Waals surface area contributed by atoms with Crippen LogP contribution in [0.1, 0.15) is 73.1 Å². The average molecular weight is 306 g/mol. The van der Waals surface area contributed by atoms with E-state index in [1.54, 1.807) is 6.08 Å². The second kappa shape index (κ2) is 12.4. The quantitative estimate of drug-likeness (QED) is 0.411. The lowest BCUT2D eigenvalue weighted by atomic mass is 10.0. The fourth-order valence-electron chi connectivity index (χ4n) is 2.35. The Balaban J connectivity index is 4.03. The van der Waals surface area contributed by atoms with E-state index < -0.39 is 0 Å². The Bertz CT molecular complexity index is 409. The van der Waals surface area contributed by atoms with Gasteiger partial charge in [-0.15, -0.1) is 0 Å². The predicted molar refractivity (Wildman–Crippen MR) is 95.9 cm³/mol. The van der Waals surface area contributed by atoms with Crippen LogP contribution in [0.15, 0.2) is 34.9 Å². The van der Waals surface area contributed by atoms with E-state index in [1.165, 1.54) is 5.57 Å². The lowest BCUT2D eigenvalue weighted by molar-refractivity contribution is -0.114. The topological polar surface area (TPSA) is 37.3 Å². The number of aliphatic hydroxyl groups excluding tert-OH is 1. The molecule has 0 saturated carbocycles. The molecule has 0 amide bonds. The summed E-state index contributed by atoms with van der Waals surface area (Å²) in [6.45, 7) is 10.6. The molecule has 126 valence electrons. The highest BCUT2D eigenvalue weighted by molar-refractivity contribution is 5.91. The fourth-order valence-corrected chi connectivity index (χ4v) is 2.35. The van der Waals surface area contributed by atoms with Crippen LogP contribution in [0.4, 0.5) is 0 Å². The molecule has 22 heavy (non-hydrogen) atoms. The molecule has 0 radical (unpaired) electrons. The van der Waals surface area contributed by atoms with Crippen molar-refractivity contribution in [1.82, 2.24) is 0 Å². The third-order valence-electron chi connectivity index (χ3n) is 3.71. The van der Waals surface area contributed by atoms with Crippen molar-refractivity contribution in [1.29, 1.82) is 0 Å². The largest absolute Gasteiger partial charge is 0.396 e. The third-order valence-corrected chi connectivity index (χ3v) is 3.71. The van der Waals surface area contributed by atoms with E-state index in [2.05, 4.69) is 26.0 Å². The van der Waals surface area contributed by atoms with Crippen LogP contribution in [0.2, 0.25) is 0 Å². The molecule has 0 aromatic rings. The van der Waals surface area contributed by atoms with Crippen LogP contribution >= 0.6 is 0 Å². The lowest BCUT2D eigenvalue weighted by Crippen LogP contribution is -1.97. The maximum absolute atomic E-state index is 11.7. The van der Waals surface area contributed by atoms with Crippen molar-refractivity contribution < 1.29 is 9.90 Å². The highest BCUT2D eigenvalue weighted by Crippen LogP contribution is 2.14. The molecular formula is C20H34O2. The Morgan fingerprint density at radius 3 is 2.23 bits per heavy atom. The maximum atomic E-state index is 11.7. The molecule has 0 aliphatic carbocycles. The van der Waals surface area contributed by atoms with Gasteiger partial charge in [0.1, 0.15) is 0 Å². The molecule has 1 atom stereocenters. The van der Waals surface area contributed by atoms with Gasteiger partial charge in [0.05, 0.1) is 0 Å². The van der Waals surface area contributed by atoms with E-state index in [-0.39, 0.29) is 5.78 Å². The van der Waals surface area contributed by atoms with Gasteiger partial charge in [-0.05, 0) is 71.8 Å². The molecule has 0 rings (SSSR count). The molecule has 0 aromatic heterocycles. The monoisotopic (exact) mass is 306 g/mol. The van der Waals surface area contributed by atoms with E-state index in [9.17, 15) is 4.79 Å². The maximum Gasteiger partial charge on any atom is 0.159 e.